The highest BCUT2D eigenvalue weighted by molar-refractivity contribution is 6.22. The third kappa shape index (κ3) is 2.12. The molecule has 1 aromatic carbocycles. The van der Waals surface area contributed by atoms with Gasteiger partial charge in [-0.3, -0.25) is 0 Å². The van der Waals surface area contributed by atoms with Crippen molar-refractivity contribution >= 4 is 11.6 Å². The molecule has 0 fully saturated rings. The second kappa shape index (κ2) is 4.58. The van der Waals surface area contributed by atoms with E-state index >= 15 is 0 Å². The first-order valence-electron chi connectivity index (χ1n) is 6.14. The monoisotopic (exact) mass is 246 g/mol. The number of fused-ring (bicyclic) bond motifs is 1. The van der Waals surface area contributed by atoms with Gasteiger partial charge in [-0.25, -0.2) is 0 Å². The van der Waals surface area contributed by atoms with Crippen molar-refractivity contribution < 1.29 is 4.42 Å². The lowest BCUT2D eigenvalue weighted by Gasteiger charge is -2.17. The van der Waals surface area contributed by atoms with Crippen molar-refractivity contribution in [1.29, 1.82) is 0 Å². The lowest BCUT2D eigenvalue weighted by Crippen LogP contribution is -2.04. The van der Waals surface area contributed by atoms with Gasteiger partial charge in [-0.05, 0) is 54.5 Å². The van der Waals surface area contributed by atoms with Gasteiger partial charge in [0.2, 0.25) is 0 Å². The number of halogens is 1. The summed E-state index contributed by atoms with van der Waals surface area (Å²) in [6.45, 7) is 0. The van der Waals surface area contributed by atoms with Crippen LogP contribution in [-0.4, -0.2) is 0 Å². The number of aryl methyl sites for hydroxylation is 2. The van der Waals surface area contributed by atoms with E-state index < -0.39 is 0 Å². The van der Waals surface area contributed by atoms with E-state index in [1.54, 1.807) is 6.26 Å². The van der Waals surface area contributed by atoms with Crippen LogP contribution in [0.15, 0.2) is 41.0 Å². The number of hydrogen-bond donors (Lipinski definition) is 0. The fourth-order valence-corrected chi connectivity index (χ4v) is 2.77. The minimum absolute atomic E-state index is 0.169. The zero-order valence-corrected chi connectivity index (χ0v) is 10.4. The third-order valence-corrected chi connectivity index (χ3v) is 3.93. The van der Waals surface area contributed by atoms with Gasteiger partial charge in [-0.15, -0.1) is 11.6 Å². The highest BCUT2D eigenvalue weighted by Crippen LogP contribution is 2.32. The largest absolute Gasteiger partial charge is 0.467 e. The van der Waals surface area contributed by atoms with Crippen molar-refractivity contribution in [3.05, 3.63) is 59.0 Å². The third-order valence-electron chi connectivity index (χ3n) is 3.46. The molecular weight excluding hydrogens is 232 g/mol. The van der Waals surface area contributed by atoms with Crippen LogP contribution in [0.2, 0.25) is 0 Å². The molecule has 88 valence electrons. The summed E-state index contributed by atoms with van der Waals surface area (Å²) in [7, 11) is 0. The molecule has 17 heavy (non-hydrogen) atoms. The Kier molecular flexibility index (Phi) is 2.94. The van der Waals surface area contributed by atoms with Gasteiger partial charge in [-0.1, -0.05) is 18.2 Å². The van der Waals surface area contributed by atoms with Crippen molar-refractivity contribution in [2.45, 2.75) is 31.1 Å². The Morgan fingerprint density at radius 3 is 2.65 bits per heavy atom. The fourth-order valence-electron chi connectivity index (χ4n) is 2.51. The van der Waals surface area contributed by atoms with Gasteiger partial charge in [0.25, 0.3) is 0 Å². The zero-order chi connectivity index (χ0) is 11.7. The summed E-state index contributed by atoms with van der Waals surface area (Å²) in [6.07, 6.45) is 6.68. The maximum Gasteiger partial charge on any atom is 0.126 e. The van der Waals surface area contributed by atoms with E-state index in [0.717, 1.165) is 11.3 Å². The van der Waals surface area contributed by atoms with E-state index in [2.05, 4.69) is 18.2 Å². The Balaban J connectivity index is 1.93. The van der Waals surface area contributed by atoms with Gasteiger partial charge in [0, 0.05) is 0 Å². The van der Waals surface area contributed by atoms with Crippen molar-refractivity contribution in [3.8, 4) is 0 Å². The molecule has 0 spiro atoms. The van der Waals surface area contributed by atoms with Gasteiger partial charge < -0.3 is 4.42 Å². The minimum Gasteiger partial charge on any atom is -0.467 e. The summed E-state index contributed by atoms with van der Waals surface area (Å²) in [5.74, 6) is 0.822. The lowest BCUT2D eigenvalue weighted by atomic mass is 9.90. The molecular formula is C15H15ClO. The van der Waals surface area contributed by atoms with E-state index in [4.69, 9.17) is 16.0 Å². The zero-order valence-electron chi connectivity index (χ0n) is 9.66. The van der Waals surface area contributed by atoms with Crippen molar-refractivity contribution in [1.82, 2.24) is 0 Å². The molecule has 2 heteroatoms. The van der Waals surface area contributed by atoms with Crippen LogP contribution >= 0.6 is 11.6 Å². The second-order valence-corrected chi connectivity index (χ2v) is 5.05. The van der Waals surface area contributed by atoms with Crippen molar-refractivity contribution in [2.24, 2.45) is 0 Å². The molecule has 0 amide bonds. The molecule has 1 aliphatic rings. The van der Waals surface area contributed by atoms with Gasteiger partial charge in [0.1, 0.15) is 11.1 Å². The molecule has 1 atom stereocenters. The SMILES string of the molecule is ClC(c1ccc2c(c1)CCCC2)c1ccco1. The maximum absolute atomic E-state index is 6.42. The number of hydrogen-bond acceptors (Lipinski definition) is 1. The minimum atomic E-state index is -0.169. The van der Waals surface area contributed by atoms with Crippen LogP contribution in [-0.2, 0) is 12.8 Å². The molecule has 1 nitrogen and oxygen atoms in total. The van der Waals surface area contributed by atoms with Crippen LogP contribution in [0.25, 0.3) is 0 Å². The second-order valence-electron chi connectivity index (χ2n) is 4.61. The number of alkyl halides is 1. The van der Waals surface area contributed by atoms with Crippen LogP contribution in [0.4, 0.5) is 0 Å². The first-order valence-corrected chi connectivity index (χ1v) is 6.57. The number of furan rings is 1. The quantitative estimate of drug-likeness (QED) is 0.712. The Bertz CT molecular complexity index is 502. The lowest BCUT2D eigenvalue weighted by molar-refractivity contribution is 0.516. The van der Waals surface area contributed by atoms with Crippen LogP contribution in [0.1, 0.15) is 40.7 Å². The molecule has 1 aliphatic carbocycles. The topological polar surface area (TPSA) is 13.1 Å². The van der Waals surface area contributed by atoms with E-state index in [-0.39, 0.29) is 5.38 Å². The number of benzene rings is 1. The molecule has 3 rings (SSSR count). The normalized spacial score (nSPS) is 16.5. The molecule has 1 heterocycles. The van der Waals surface area contributed by atoms with Crippen molar-refractivity contribution in [3.63, 3.8) is 0 Å². The molecule has 0 N–H and O–H groups in total. The summed E-state index contributed by atoms with van der Waals surface area (Å²) in [5.41, 5.74) is 4.09. The first kappa shape index (κ1) is 10.9. The summed E-state index contributed by atoms with van der Waals surface area (Å²) in [4.78, 5) is 0. The average Bonchev–Trinajstić information content (AvgIpc) is 2.91. The standard InChI is InChI=1S/C15H15ClO/c16-15(14-6-3-9-17-14)13-8-7-11-4-1-2-5-12(11)10-13/h3,6-10,15H,1-2,4-5H2. The summed E-state index contributed by atoms with van der Waals surface area (Å²) in [6, 6.07) is 10.4. The van der Waals surface area contributed by atoms with E-state index in [9.17, 15) is 0 Å². The van der Waals surface area contributed by atoms with Crippen LogP contribution < -0.4 is 0 Å². The molecule has 1 aromatic heterocycles. The molecule has 1 unspecified atom stereocenters. The Morgan fingerprint density at radius 1 is 1.06 bits per heavy atom. The first-order chi connectivity index (χ1) is 8.34. The summed E-state index contributed by atoms with van der Waals surface area (Å²) >= 11 is 6.42. The molecule has 0 saturated heterocycles. The Labute approximate surface area is 106 Å². The number of rotatable bonds is 2. The predicted octanol–water partition coefficient (Wildman–Crippen LogP) is 4.49. The molecule has 0 saturated carbocycles. The smallest absolute Gasteiger partial charge is 0.126 e. The molecule has 0 aliphatic heterocycles. The fraction of sp³-hybridized carbons (Fsp3) is 0.333. The molecule has 0 bridgehead atoms. The van der Waals surface area contributed by atoms with E-state index in [1.807, 2.05) is 12.1 Å². The molecule has 0 radical (unpaired) electrons. The van der Waals surface area contributed by atoms with Crippen LogP contribution in [0, 0.1) is 0 Å². The Hall–Kier alpha value is -1.21. The van der Waals surface area contributed by atoms with Gasteiger partial charge in [0.15, 0.2) is 0 Å². The van der Waals surface area contributed by atoms with Crippen LogP contribution in [0.3, 0.4) is 0 Å². The van der Waals surface area contributed by atoms with E-state index in [1.165, 1.54) is 36.8 Å². The summed E-state index contributed by atoms with van der Waals surface area (Å²) < 4.78 is 5.36. The van der Waals surface area contributed by atoms with E-state index in [0.29, 0.717) is 0 Å². The maximum atomic E-state index is 6.42. The van der Waals surface area contributed by atoms with Gasteiger partial charge in [-0.2, -0.15) is 0 Å². The van der Waals surface area contributed by atoms with Crippen molar-refractivity contribution in [2.75, 3.05) is 0 Å². The highest BCUT2D eigenvalue weighted by atomic mass is 35.5. The predicted molar refractivity (Wildman–Crippen MR) is 69.5 cm³/mol. The van der Waals surface area contributed by atoms with Gasteiger partial charge >= 0.3 is 0 Å². The Morgan fingerprint density at radius 2 is 1.88 bits per heavy atom. The highest BCUT2D eigenvalue weighted by Gasteiger charge is 2.16. The van der Waals surface area contributed by atoms with Crippen LogP contribution in [0.5, 0.6) is 0 Å². The summed E-state index contributed by atoms with van der Waals surface area (Å²) in [5, 5.41) is -0.169. The van der Waals surface area contributed by atoms with Gasteiger partial charge in [0.05, 0.1) is 6.26 Å². The molecule has 2 aromatic rings. The average molecular weight is 247 g/mol.